The Morgan fingerprint density at radius 1 is 1.08 bits per heavy atom. The summed E-state index contributed by atoms with van der Waals surface area (Å²) < 4.78 is 0. The minimum atomic E-state index is -0.263. The third-order valence-corrected chi connectivity index (χ3v) is 3.75. The Morgan fingerprint density at radius 2 is 1.84 bits per heavy atom. The van der Waals surface area contributed by atoms with Gasteiger partial charge in [-0.1, -0.05) is 29.3 Å². The van der Waals surface area contributed by atoms with Gasteiger partial charge in [0.2, 0.25) is 5.91 Å². The van der Waals surface area contributed by atoms with Crippen molar-refractivity contribution in [2.24, 2.45) is 0 Å². The number of rotatable bonds is 6. The van der Waals surface area contributed by atoms with Crippen LogP contribution in [-0.4, -0.2) is 24.4 Å². The van der Waals surface area contributed by atoms with E-state index in [1.807, 2.05) is 13.8 Å². The van der Waals surface area contributed by atoms with Gasteiger partial charge in [-0.2, -0.15) is 0 Å². The molecule has 2 rings (SSSR count). The summed E-state index contributed by atoms with van der Waals surface area (Å²) in [5, 5.41) is 9.37. The van der Waals surface area contributed by atoms with Crippen LogP contribution in [0, 0.1) is 0 Å². The summed E-state index contributed by atoms with van der Waals surface area (Å²) in [5.74, 6) is -0.419. The van der Waals surface area contributed by atoms with Crippen LogP contribution in [-0.2, 0) is 4.79 Å². The maximum Gasteiger partial charge on any atom is 0.251 e. The first-order chi connectivity index (χ1) is 11.8. The summed E-state index contributed by atoms with van der Waals surface area (Å²) in [4.78, 5) is 24.1. The van der Waals surface area contributed by atoms with Crippen molar-refractivity contribution in [2.75, 3.05) is 17.2 Å². The van der Waals surface area contributed by atoms with E-state index in [0.717, 1.165) is 0 Å². The highest BCUT2D eigenvalue weighted by atomic mass is 35.5. The largest absolute Gasteiger partial charge is 0.376 e. The zero-order chi connectivity index (χ0) is 18.4. The average Bonchev–Trinajstić information content (AvgIpc) is 2.55. The molecule has 2 aromatic carbocycles. The number of anilines is 2. The smallest absolute Gasteiger partial charge is 0.251 e. The third-order valence-electron chi connectivity index (χ3n) is 3.20. The first-order valence-electron chi connectivity index (χ1n) is 7.75. The number of hydrogen-bond donors (Lipinski definition) is 3. The summed E-state index contributed by atoms with van der Waals surface area (Å²) in [6.07, 6.45) is 0. The van der Waals surface area contributed by atoms with Crippen molar-refractivity contribution < 1.29 is 9.59 Å². The Balaban J connectivity index is 1.94. The van der Waals surface area contributed by atoms with Crippen LogP contribution in [0.25, 0.3) is 0 Å². The van der Waals surface area contributed by atoms with Crippen LogP contribution in [0.4, 0.5) is 11.4 Å². The molecule has 0 saturated heterocycles. The van der Waals surface area contributed by atoms with E-state index in [-0.39, 0.29) is 24.4 Å². The molecule has 0 aromatic heterocycles. The molecule has 0 aliphatic rings. The summed E-state index contributed by atoms with van der Waals surface area (Å²) in [6, 6.07) is 11.9. The maximum absolute atomic E-state index is 12.0. The van der Waals surface area contributed by atoms with Gasteiger partial charge in [0.1, 0.15) is 0 Å². The van der Waals surface area contributed by atoms with Gasteiger partial charge >= 0.3 is 0 Å². The second-order valence-corrected chi connectivity index (χ2v) is 6.58. The van der Waals surface area contributed by atoms with Gasteiger partial charge in [0.05, 0.1) is 17.3 Å². The van der Waals surface area contributed by atoms with Gasteiger partial charge < -0.3 is 16.0 Å². The monoisotopic (exact) mass is 379 g/mol. The lowest BCUT2D eigenvalue weighted by atomic mass is 10.1. The second-order valence-electron chi connectivity index (χ2n) is 5.73. The molecule has 3 N–H and O–H groups in total. The first-order valence-corrected chi connectivity index (χ1v) is 8.50. The van der Waals surface area contributed by atoms with Gasteiger partial charge in [0, 0.05) is 22.3 Å². The molecule has 2 aromatic rings. The molecule has 2 amide bonds. The Labute approximate surface area is 156 Å². The van der Waals surface area contributed by atoms with Gasteiger partial charge in [-0.05, 0) is 50.2 Å². The van der Waals surface area contributed by atoms with E-state index in [2.05, 4.69) is 16.0 Å². The molecule has 0 bridgehead atoms. The molecule has 0 aliphatic carbocycles. The predicted molar refractivity (Wildman–Crippen MR) is 103 cm³/mol. The average molecular weight is 380 g/mol. The number of amides is 2. The Kier molecular flexibility index (Phi) is 6.67. The highest BCUT2D eigenvalue weighted by Gasteiger charge is 2.09. The van der Waals surface area contributed by atoms with Crippen LogP contribution < -0.4 is 16.0 Å². The van der Waals surface area contributed by atoms with Crippen molar-refractivity contribution in [1.29, 1.82) is 0 Å². The summed E-state index contributed by atoms with van der Waals surface area (Å²) in [5.41, 5.74) is 1.69. The lowest BCUT2D eigenvalue weighted by molar-refractivity contribution is -0.114. The predicted octanol–water partition coefficient (Wildman–Crippen LogP) is 4.18. The maximum atomic E-state index is 12.0. The molecular weight excluding hydrogens is 361 g/mol. The van der Waals surface area contributed by atoms with Gasteiger partial charge in [0.25, 0.3) is 5.91 Å². The standard InChI is InChI=1S/C18H19Cl2N3O2/c1-11(2)22-18(25)12-4-3-5-14(8-12)21-10-17(24)23-16-7-6-13(19)9-15(16)20/h3-9,11,21H,10H2,1-2H3,(H,22,25)(H,23,24). The van der Waals surface area contributed by atoms with E-state index in [1.165, 1.54) is 0 Å². The molecule has 5 nitrogen and oxygen atoms in total. The van der Waals surface area contributed by atoms with Gasteiger partial charge in [0.15, 0.2) is 0 Å². The minimum Gasteiger partial charge on any atom is -0.376 e. The number of nitrogens with one attached hydrogen (secondary N) is 3. The van der Waals surface area contributed by atoms with E-state index in [4.69, 9.17) is 23.2 Å². The summed E-state index contributed by atoms with van der Waals surface area (Å²) in [6.45, 7) is 3.83. The molecule has 7 heteroatoms. The fourth-order valence-corrected chi connectivity index (χ4v) is 2.54. The Hall–Kier alpha value is -2.24. The van der Waals surface area contributed by atoms with Crippen molar-refractivity contribution in [1.82, 2.24) is 5.32 Å². The molecular formula is C18H19Cl2N3O2. The van der Waals surface area contributed by atoms with E-state index in [0.29, 0.717) is 27.0 Å². The number of benzene rings is 2. The molecule has 0 unspecified atom stereocenters. The van der Waals surface area contributed by atoms with Crippen molar-refractivity contribution in [3.8, 4) is 0 Å². The zero-order valence-corrected chi connectivity index (χ0v) is 15.4. The first kappa shape index (κ1) is 19.1. The molecule has 0 fully saturated rings. The van der Waals surface area contributed by atoms with E-state index < -0.39 is 0 Å². The van der Waals surface area contributed by atoms with Crippen molar-refractivity contribution >= 4 is 46.4 Å². The molecule has 0 spiro atoms. The molecule has 0 radical (unpaired) electrons. The van der Waals surface area contributed by atoms with Crippen LogP contribution in [0.3, 0.4) is 0 Å². The molecule has 0 atom stereocenters. The number of halogens is 2. The Morgan fingerprint density at radius 3 is 2.52 bits per heavy atom. The van der Waals surface area contributed by atoms with Crippen molar-refractivity contribution in [3.63, 3.8) is 0 Å². The van der Waals surface area contributed by atoms with Gasteiger partial charge in [-0.25, -0.2) is 0 Å². The van der Waals surface area contributed by atoms with Crippen LogP contribution in [0.15, 0.2) is 42.5 Å². The van der Waals surface area contributed by atoms with Crippen LogP contribution in [0.5, 0.6) is 0 Å². The lowest BCUT2D eigenvalue weighted by Crippen LogP contribution is -2.30. The van der Waals surface area contributed by atoms with Crippen LogP contribution in [0.2, 0.25) is 10.0 Å². The lowest BCUT2D eigenvalue weighted by Gasteiger charge is -2.11. The zero-order valence-electron chi connectivity index (χ0n) is 13.9. The summed E-state index contributed by atoms with van der Waals surface area (Å²) in [7, 11) is 0. The SMILES string of the molecule is CC(C)NC(=O)c1cccc(NCC(=O)Nc2ccc(Cl)cc2Cl)c1. The van der Waals surface area contributed by atoms with E-state index >= 15 is 0 Å². The van der Waals surface area contributed by atoms with E-state index in [9.17, 15) is 9.59 Å². The van der Waals surface area contributed by atoms with Gasteiger partial charge in [-0.3, -0.25) is 9.59 Å². The fourth-order valence-electron chi connectivity index (χ4n) is 2.08. The third kappa shape index (κ3) is 5.96. The fraction of sp³-hybridized carbons (Fsp3) is 0.222. The topological polar surface area (TPSA) is 70.2 Å². The van der Waals surface area contributed by atoms with Crippen LogP contribution in [0.1, 0.15) is 24.2 Å². The molecule has 0 heterocycles. The van der Waals surface area contributed by atoms with Crippen molar-refractivity contribution in [3.05, 3.63) is 58.1 Å². The number of carbonyl (C=O) groups excluding carboxylic acids is 2. The van der Waals surface area contributed by atoms with Crippen LogP contribution >= 0.6 is 23.2 Å². The molecule has 0 saturated carbocycles. The number of carbonyl (C=O) groups is 2. The van der Waals surface area contributed by atoms with Gasteiger partial charge in [-0.15, -0.1) is 0 Å². The summed E-state index contributed by atoms with van der Waals surface area (Å²) >= 11 is 11.8. The Bertz CT molecular complexity index is 779. The number of hydrogen-bond acceptors (Lipinski definition) is 3. The highest BCUT2D eigenvalue weighted by molar-refractivity contribution is 6.36. The normalized spacial score (nSPS) is 10.4. The molecule has 132 valence electrons. The molecule has 0 aliphatic heterocycles. The second kappa shape index (κ2) is 8.74. The quantitative estimate of drug-likeness (QED) is 0.704. The minimum absolute atomic E-state index is 0.0359. The molecule has 25 heavy (non-hydrogen) atoms. The highest BCUT2D eigenvalue weighted by Crippen LogP contribution is 2.25. The van der Waals surface area contributed by atoms with E-state index in [1.54, 1.807) is 42.5 Å². The van der Waals surface area contributed by atoms with Crippen molar-refractivity contribution in [2.45, 2.75) is 19.9 Å².